The molecule has 1 fully saturated rings. The third kappa shape index (κ3) is 5.90. The second-order valence-corrected chi connectivity index (χ2v) is 6.35. The maximum absolute atomic E-state index is 12.3. The van der Waals surface area contributed by atoms with E-state index >= 15 is 0 Å². The van der Waals surface area contributed by atoms with Crippen LogP contribution in [0.1, 0.15) is 23.2 Å². The number of carbonyl (C=O) groups excluding carboxylic acids is 2. The van der Waals surface area contributed by atoms with Crippen LogP contribution >= 0.6 is 0 Å². The van der Waals surface area contributed by atoms with Crippen molar-refractivity contribution in [3.8, 4) is 5.75 Å². The summed E-state index contributed by atoms with van der Waals surface area (Å²) in [6, 6.07) is 10.6. The van der Waals surface area contributed by atoms with Gasteiger partial charge in [0.15, 0.2) is 0 Å². The van der Waals surface area contributed by atoms with Crippen LogP contribution in [-0.4, -0.2) is 24.8 Å². The molecule has 3 N–H and O–H groups in total. The fourth-order valence-electron chi connectivity index (χ4n) is 2.47. The third-order valence-electron chi connectivity index (χ3n) is 4.01. The van der Waals surface area contributed by atoms with Gasteiger partial charge >= 0.3 is 12.4 Å². The van der Waals surface area contributed by atoms with Crippen LogP contribution in [0.2, 0.25) is 0 Å². The number of amides is 3. The van der Waals surface area contributed by atoms with Crippen LogP contribution in [0.25, 0.3) is 0 Å². The quantitative estimate of drug-likeness (QED) is 0.682. The Hall–Kier alpha value is -3.23. The summed E-state index contributed by atoms with van der Waals surface area (Å²) in [5.41, 5.74) is 0.917. The third-order valence-corrected chi connectivity index (χ3v) is 4.01. The number of hydrogen-bond acceptors (Lipinski definition) is 3. The molecule has 3 amide bonds. The molecular weight excluding hydrogens is 375 g/mol. The van der Waals surface area contributed by atoms with Crippen LogP contribution in [0.5, 0.6) is 5.75 Å². The highest BCUT2D eigenvalue weighted by atomic mass is 19.4. The van der Waals surface area contributed by atoms with Crippen molar-refractivity contribution in [3.05, 3.63) is 54.1 Å². The maximum Gasteiger partial charge on any atom is 0.573 e. The number of para-hydroxylation sites is 1. The topological polar surface area (TPSA) is 79.5 Å². The Kier molecular flexibility index (Phi) is 5.72. The summed E-state index contributed by atoms with van der Waals surface area (Å²) in [6.07, 6.45) is -2.57. The van der Waals surface area contributed by atoms with E-state index in [4.69, 9.17) is 0 Å². The van der Waals surface area contributed by atoms with E-state index in [1.807, 2.05) is 0 Å². The highest BCUT2D eigenvalue weighted by molar-refractivity contribution is 6.06. The molecule has 0 heterocycles. The molecule has 148 valence electrons. The van der Waals surface area contributed by atoms with E-state index in [2.05, 4.69) is 20.7 Å². The molecule has 9 heteroatoms. The Labute approximate surface area is 159 Å². The summed E-state index contributed by atoms with van der Waals surface area (Å²) in [4.78, 5) is 24.5. The van der Waals surface area contributed by atoms with Crippen molar-refractivity contribution in [1.29, 1.82) is 0 Å². The summed E-state index contributed by atoms with van der Waals surface area (Å²) >= 11 is 0. The zero-order valence-electron chi connectivity index (χ0n) is 14.7. The summed E-state index contributed by atoms with van der Waals surface area (Å²) in [7, 11) is 0. The lowest BCUT2D eigenvalue weighted by Gasteiger charge is -2.13. The number of rotatable bonds is 6. The first-order chi connectivity index (χ1) is 13.3. The monoisotopic (exact) mass is 393 g/mol. The number of anilines is 2. The molecule has 0 unspecified atom stereocenters. The van der Waals surface area contributed by atoms with E-state index in [0.29, 0.717) is 23.7 Å². The summed E-state index contributed by atoms with van der Waals surface area (Å²) in [6.45, 7) is 0.603. The molecule has 2 aromatic rings. The predicted octanol–water partition coefficient (Wildman–Crippen LogP) is 4.37. The van der Waals surface area contributed by atoms with Crippen LogP contribution in [0.4, 0.5) is 29.3 Å². The second kappa shape index (κ2) is 8.20. The zero-order chi connectivity index (χ0) is 20.1. The standard InChI is InChI=1S/C19H18F3N3O3/c20-19(21,22)28-14-9-7-13(8-10-14)24-18(27)25-16-4-2-1-3-15(16)17(26)23-11-12-5-6-12/h1-4,7-10,12H,5-6,11H2,(H,23,26)(H2,24,25,27). The summed E-state index contributed by atoms with van der Waals surface area (Å²) in [5.74, 6) is -0.149. The smallest absolute Gasteiger partial charge is 0.406 e. The number of alkyl halides is 3. The van der Waals surface area contributed by atoms with Gasteiger partial charge in [-0.3, -0.25) is 4.79 Å². The molecule has 1 aliphatic carbocycles. The lowest BCUT2D eigenvalue weighted by atomic mass is 10.1. The van der Waals surface area contributed by atoms with E-state index in [9.17, 15) is 22.8 Å². The van der Waals surface area contributed by atoms with Gasteiger partial charge in [0.05, 0.1) is 11.3 Å². The van der Waals surface area contributed by atoms with Gasteiger partial charge < -0.3 is 20.7 Å². The fraction of sp³-hybridized carbons (Fsp3) is 0.263. The molecule has 0 saturated heterocycles. The van der Waals surface area contributed by atoms with Gasteiger partial charge in [0.2, 0.25) is 0 Å². The molecule has 0 radical (unpaired) electrons. The highest BCUT2D eigenvalue weighted by Crippen LogP contribution is 2.28. The number of nitrogens with one attached hydrogen (secondary N) is 3. The van der Waals surface area contributed by atoms with E-state index in [0.717, 1.165) is 25.0 Å². The first-order valence-corrected chi connectivity index (χ1v) is 8.61. The van der Waals surface area contributed by atoms with Crippen LogP contribution in [0.3, 0.4) is 0 Å². The molecule has 1 aliphatic rings. The van der Waals surface area contributed by atoms with Crippen molar-refractivity contribution in [3.63, 3.8) is 0 Å². The van der Waals surface area contributed by atoms with Gasteiger partial charge in [0, 0.05) is 12.2 Å². The number of carbonyl (C=O) groups is 2. The van der Waals surface area contributed by atoms with Crippen LogP contribution in [-0.2, 0) is 0 Å². The Morgan fingerprint density at radius 1 is 1.00 bits per heavy atom. The molecule has 0 aliphatic heterocycles. The van der Waals surface area contributed by atoms with Gasteiger partial charge in [-0.15, -0.1) is 13.2 Å². The van der Waals surface area contributed by atoms with Crippen LogP contribution < -0.4 is 20.7 Å². The average Bonchev–Trinajstić information content (AvgIpc) is 3.45. The first-order valence-electron chi connectivity index (χ1n) is 8.61. The van der Waals surface area contributed by atoms with Gasteiger partial charge in [-0.2, -0.15) is 0 Å². The van der Waals surface area contributed by atoms with Crippen LogP contribution in [0, 0.1) is 5.92 Å². The lowest BCUT2D eigenvalue weighted by molar-refractivity contribution is -0.274. The van der Waals surface area contributed by atoms with Crippen LogP contribution in [0.15, 0.2) is 48.5 Å². The van der Waals surface area contributed by atoms with Crippen molar-refractivity contribution >= 4 is 23.3 Å². The Morgan fingerprint density at radius 3 is 2.32 bits per heavy atom. The maximum atomic E-state index is 12.3. The molecule has 28 heavy (non-hydrogen) atoms. The fourth-order valence-corrected chi connectivity index (χ4v) is 2.47. The molecule has 0 spiro atoms. The number of ether oxygens (including phenoxy) is 1. The average molecular weight is 393 g/mol. The van der Waals surface area contributed by atoms with Crippen molar-refractivity contribution in [2.75, 3.05) is 17.2 Å². The van der Waals surface area contributed by atoms with Crippen molar-refractivity contribution in [2.45, 2.75) is 19.2 Å². The Bertz CT molecular complexity index is 849. The van der Waals surface area contributed by atoms with E-state index < -0.39 is 18.1 Å². The number of hydrogen-bond donors (Lipinski definition) is 3. The van der Waals surface area contributed by atoms with Gasteiger partial charge in [-0.25, -0.2) is 4.79 Å². The van der Waals surface area contributed by atoms with Gasteiger partial charge in [-0.1, -0.05) is 12.1 Å². The zero-order valence-corrected chi connectivity index (χ0v) is 14.7. The SMILES string of the molecule is O=C(Nc1ccc(OC(F)(F)F)cc1)Nc1ccccc1C(=O)NCC1CC1. The molecule has 1 saturated carbocycles. The van der Waals surface area contributed by atoms with E-state index in [1.54, 1.807) is 24.3 Å². The number of halogens is 3. The molecule has 2 aromatic carbocycles. The largest absolute Gasteiger partial charge is 0.573 e. The van der Waals surface area contributed by atoms with E-state index in [1.165, 1.54) is 12.1 Å². The molecular formula is C19H18F3N3O3. The van der Waals surface area contributed by atoms with Gasteiger partial charge in [-0.05, 0) is 55.2 Å². The first kappa shape index (κ1) is 19.5. The molecule has 0 bridgehead atoms. The Morgan fingerprint density at radius 2 is 1.68 bits per heavy atom. The van der Waals surface area contributed by atoms with Gasteiger partial charge in [0.1, 0.15) is 5.75 Å². The Balaban J connectivity index is 1.59. The normalized spacial score (nSPS) is 13.5. The lowest BCUT2D eigenvalue weighted by Crippen LogP contribution is -2.28. The minimum absolute atomic E-state index is 0.266. The van der Waals surface area contributed by atoms with E-state index in [-0.39, 0.29) is 11.6 Å². The minimum Gasteiger partial charge on any atom is -0.406 e. The van der Waals surface area contributed by atoms with Crippen molar-refractivity contribution in [1.82, 2.24) is 5.32 Å². The highest BCUT2D eigenvalue weighted by Gasteiger charge is 2.31. The molecule has 6 nitrogen and oxygen atoms in total. The number of urea groups is 1. The summed E-state index contributed by atoms with van der Waals surface area (Å²) < 4.78 is 40.3. The van der Waals surface area contributed by atoms with Crippen molar-refractivity contribution < 1.29 is 27.5 Å². The molecule has 0 atom stereocenters. The predicted molar refractivity (Wildman–Crippen MR) is 97.3 cm³/mol. The molecule has 0 aromatic heterocycles. The van der Waals surface area contributed by atoms with Crippen molar-refractivity contribution in [2.24, 2.45) is 5.92 Å². The number of benzene rings is 2. The van der Waals surface area contributed by atoms with Gasteiger partial charge in [0.25, 0.3) is 5.91 Å². The minimum atomic E-state index is -4.78. The molecule has 3 rings (SSSR count). The summed E-state index contributed by atoms with van der Waals surface area (Å²) in [5, 5.41) is 7.89. The second-order valence-electron chi connectivity index (χ2n) is 6.35.